The van der Waals surface area contributed by atoms with E-state index in [2.05, 4.69) is 10.3 Å². The SMILES string of the molecule is Nc1c(C(=O)NC2CCCc3c(OCc4ccccc4)cccc32)[nH]c(=O)[nH]c1=O. The van der Waals surface area contributed by atoms with Gasteiger partial charge in [0.25, 0.3) is 11.5 Å². The number of ether oxygens (including phenoxy) is 1. The Morgan fingerprint density at radius 1 is 1.10 bits per heavy atom. The van der Waals surface area contributed by atoms with Crippen molar-refractivity contribution < 1.29 is 9.53 Å². The average Bonchev–Trinajstić information content (AvgIpc) is 2.75. The first-order valence-electron chi connectivity index (χ1n) is 9.74. The number of nitrogens with two attached hydrogens (primary N) is 1. The van der Waals surface area contributed by atoms with E-state index >= 15 is 0 Å². The van der Waals surface area contributed by atoms with E-state index in [1.165, 1.54) is 0 Å². The summed E-state index contributed by atoms with van der Waals surface area (Å²) in [6.07, 6.45) is 2.44. The Balaban J connectivity index is 1.56. The van der Waals surface area contributed by atoms with Crippen LogP contribution in [0.2, 0.25) is 0 Å². The van der Waals surface area contributed by atoms with E-state index in [9.17, 15) is 14.4 Å². The molecule has 1 unspecified atom stereocenters. The molecule has 1 aliphatic carbocycles. The lowest BCUT2D eigenvalue weighted by Gasteiger charge is -2.28. The summed E-state index contributed by atoms with van der Waals surface area (Å²) in [5.74, 6) is 0.198. The molecule has 154 valence electrons. The molecule has 5 N–H and O–H groups in total. The fourth-order valence-electron chi connectivity index (χ4n) is 3.74. The van der Waals surface area contributed by atoms with E-state index in [1.807, 2.05) is 53.5 Å². The Morgan fingerprint density at radius 3 is 2.70 bits per heavy atom. The summed E-state index contributed by atoms with van der Waals surface area (Å²) in [4.78, 5) is 40.2. The van der Waals surface area contributed by atoms with Gasteiger partial charge in [-0.1, -0.05) is 42.5 Å². The summed E-state index contributed by atoms with van der Waals surface area (Å²) in [6.45, 7) is 0.457. The topological polar surface area (TPSA) is 130 Å². The summed E-state index contributed by atoms with van der Waals surface area (Å²) in [5.41, 5.74) is 6.66. The highest BCUT2D eigenvalue weighted by molar-refractivity contribution is 5.97. The van der Waals surface area contributed by atoms with Crippen LogP contribution in [0.1, 0.15) is 46.1 Å². The van der Waals surface area contributed by atoms with Gasteiger partial charge < -0.3 is 20.8 Å². The Morgan fingerprint density at radius 2 is 1.90 bits per heavy atom. The first-order chi connectivity index (χ1) is 14.5. The molecule has 1 aromatic heterocycles. The van der Waals surface area contributed by atoms with Crippen molar-refractivity contribution in [1.82, 2.24) is 15.3 Å². The highest BCUT2D eigenvalue weighted by atomic mass is 16.5. The molecule has 0 saturated carbocycles. The molecule has 1 atom stereocenters. The third kappa shape index (κ3) is 3.98. The van der Waals surface area contributed by atoms with Crippen LogP contribution in [0.4, 0.5) is 5.69 Å². The molecule has 4 rings (SSSR count). The number of aromatic nitrogens is 2. The molecule has 1 aliphatic rings. The van der Waals surface area contributed by atoms with Crippen molar-refractivity contribution in [2.24, 2.45) is 0 Å². The molecule has 0 aliphatic heterocycles. The fourth-order valence-corrected chi connectivity index (χ4v) is 3.74. The van der Waals surface area contributed by atoms with Crippen LogP contribution in [0.25, 0.3) is 0 Å². The second-order valence-electron chi connectivity index (χ2n) is 7.21. The fraction of sp³-hybridized carbons (Fsp3) is 0.227. The number of H-pyrrole nitrogens is 2. The van der Waals surface area contributed by atoms with Crippen LogP contribution in [0.5, 0.6) is 5.75 Å². The van der Waals surface area contributed by atoms with Crippen molar-refractivity contribution in [2.45, 2.75) is 31.9 Å². The summed E-state index contributed by atoms with van der Waals surface area (Å²) < 4.78 is 6.05. The zero-order valence-electron chi connectivity index (χ0n) is 16.2. The standard InChI is InChI=1S/C22H22N4O4/c23-18-19(25-22(29)26-20(18)27)21(28)24-16-10-4-9-15-14(16)8-5-11-17(15)30-12-13-6-2-1-3-7-13/h1-3,5-8,11,16H,4,9-10,12,23H2,(H,24,28)(H2,25,26,27,29). The molecule has 3 aromatic rings. The maximum Gasteiger partial charge on any atom is 0.326 e. The summed E-state index contributed by atoms with van der Waals surface area (Å²) in [7, 11) is 0. The average molecular weight is 406 g/mol. The molecule has 2 aromatic carbocycles. The summed E-state index contributed by atoms with van der Waals surface area (Å²) in [5, 5.41) is 2.89. The number of hydrogen-bond donors (Lipinski definition) is 4. The van der Waals surface area contributed by atoms with Crippen molar-refractivity contribution in [1.29, 1.82) is 0 Å². The van der Waals surface area contributed by atoms with Gasteiger partial charge in [-0.15, -0.1) is 0 Å². The largest absolute Gasteiger partial charge is 0.489 e. The Bertz CT molecular complexity index is 1180. The van der Waals surface area contributed by atoms with Crippen LogP contribution in [-0.2, 0) is 13.0 Å². The van der Waals surface area contributed by atoms with Gasteiger partial charge in [-0.2, -0.15) is 0 Å². The Labute approximate surface area is 172 Å². The molecule has 0 fully saturated rings. The van der Waals surface area contributed by atoms with Crippen molar-refractivity contribution in [3.8, 4) is 5.75 Å². The minimum Gasteiger partial charge on any atom is -0.489 e. The minimum atomic E-state index is -0.787. The van der Waals surface area contributed by atoms with Crippen molar-refractivity contribution in [3.05, 3.63) is 91.8 Å². The molecule has 0 radical (unpaired) electrons. The van der Waals surface area contributed by atoms with Crippen molar-refractivity contribution in [3.63, 3.8) is 0 Å². The van der Waals surface area contributed by atoms with Crippen LogP contribution in [0, 0.1) is 0 Å². The number of fused-ring (bicyclic) bond motifs is 1. The molecule has 0 spiro atoms. The minimum absolute atomic E-state index is 0.229. The van der Waals surface area contributed by atoms with Crippen LogP contribution < -0.4 is 27.0 Å². The highest BCUT2D eigenvalue weighted by Crippen LogP contribution is 2.35. The number of anilines is 1. The number of carbonyl (C=O) groups excluding carboxylic acids is 1. The molecular weight excluding hydrogens is 384 g/mol. The van der Waals surface area contributed by atoms with Crippen molar-refractivity contribution in [2.75, 3.05) is 5.73 Å². The van der Waals surface area contributed by atoms with E-state index < -0.39 is 17.2 Å². The molecule has 1 heterocycles. The van der Waals surface area contributed by atoms with E-state index in [-0.39, 0.29) is 17.4 Å². The van der Waals surface area contributed by atoms with Crippen LogP contribution in [0.3, 0.4) is 0 Å². The molecule has 8 nitrogen and oxygen atoms in total. The van der Waals surface area contributed by atoms with E-state index in [0.29, 0.717) is 6.61 Å². The molecule has 30 heavy (non-hydrogen) atoms. The summed E-state index contributed by atoms with van der Waals surface area (Å²) in [6, 6.07) is 15.4. The second-order valence-corrected chi connectivity index (χ2v) is 7.21. The van der Waals surface area contributed by atoms with Crippen LogP contribution in [-0.4, -0.2) is 15.9 Å². The maximum absolute atomic E-state index is 12.7. The van der Waals surface area contributed by atoms with Gasteiger partial charge in [0.1, 0.15) is 23.7 Å². The van der Waals surface area contributed by atoms with E-state index in [1.54, 1.807) is 0 Å². The Kier molecular flexibility index (Phi) is 5.38. The van der Waals surface area contributed by atoms with Gasteiger partial charge in [0.05, 0.1) is 6.04 Å². The molecular formula is C22H22N4O4. The van der Waals surface area contributed by atoms with E-state index in [4.69, 9.17) is 10.5 Å². The van der Waals surface area contributed by atoms with Gasteiger partial charge in [-0.3, -0.25) is 14.6 Å². The third-order valence-corrected chi connectivity index (χ3v) is 5.21. The summed E-state index contributed by atoms with van der Waals surface area (Å²) >= 11 is 0. The maximum atomic E-state index is 12.7. The quantitative estimate of drug-likeness (QED) is 0.515. The first-order valence-corrected chi connectivity index (χ1v) is 9.74. The van der Waals surface area contributed by atoms with Crippen LogP contribution >= 0.6 is 0 Å². The van der Waals surface area contributed by atoms with Gasteiger partial charge in [0.2, 0.25) is 0 Å². The number of nitrogen functional groups attached to an aromatic ring is 1. The second kappa shape index (κ2) is 8.28. The molecule has 8 heteroatoms. The highest BCUT2D eigenvalue weighted by Gasteiger charge is 2.26. The lowest BCUT2D eigenvalue weighted by Crippen LogP contribution is -2.36. The molecule has 1 amide bonds. The first kappa shape index (κ1) is 19.5. The van der Waals surface area contributed by atoms with Gasteiger partial charge >= 0.3 is 5.69 Å². The number of hydrogen-bond acceptors (Lipinski definition) is 5. The van der Waals surface area contributed by atoms with Gasteiger partial charge in [-0.05, 0) is 42.0 Å². The third-order valence-electron chi connectivity index (χ3n) is 5.21. The predicted molar refractivity (Wildman–Crippen MR) is 112 cm³/mol. The zero-order chi connectivity index (χ0) is 21.1. The number of amides is 1. The Hall–Kier alpha value is -3.81. The molecule has 0 saturated heterocycles. The number of benzene rings is 2. The zero-order valence-corrected chi connectivity index (χ0v) is 16.2. The molecule has 0 bridgehead atoms. The van der Waals surface area contributed by atoms with Crippen LogP contribution in [0.15, 0.2) is 58.1 Å². The number of nitrogens with one attached hydrogen (secondary N) is 3. The lowest BCUT2D eigenvalue weighted by atomic mass is 9.87. The smallest absolute Gasteiger partial charge is 0.326 e. The lowest BCUT2D eigenvalue weighted by molar-refractivity contribution is 0.0928. The predicted octanol–water partition coefficient (Wildman–Crippen LogP) is 2.03. The normalized spacial score (nSPS) is 15.3. The van der Waals surface area contributed by atoms with Gasteiger partial charge in [0.15, 0.2) is 0 Å². The van der Waals surface area contributed by atoms with Crippen molar-refractivity contribution >= 4 is 11.6 Å². The van der Waals surface area contributed by atoms with E-state index in [0.717, 1.165) is 41.7 Å². The number of carbonyl (C=O) groups is 1. The number of aromatic amines is 2. The number of rotatable bonds is 5. The van der Waals surface area contributed by atoms with Gasteiger partial charge in [-0.25, -0.2) is 4.79 Å². The van der Waals surface area contributed by atoms with Gasteiger partial charge in [0, 0.05) is 0 Å². The monoisotopic (exact) mass is 406 g/mol.